The van der Waals surface area contributed by atoms with Gasteiger partial charge in [0, 0.05) is 6.04 Å². The highest BCUT2D eigenvalue weighted by Crippen LogP contribution is 2.29. The SMILES string of the molecule is CCc1ncc(C(=O)N(C2CCC2)[C@@H](C)C(=O)OC)s1. The van der Waals surface area contributed by atoms with Crippen LogP contribution in [0.1, 0.15) is 47.8 Å². The van der Waals surface area contributed by atoms with Gasteiger partial charge in [0.25, 0.3) is 5.91 Å². The van der Waals surface area contributed by atoms with Crippen LogP contribution < -0.4 is 0 Å². The van der Waals surface area contributed by atoms with Gasteiger partial charge in [-0.2, -0.15) is 0 Å². The normalized spacial score (nSPS) is 16.4. The predicted octanol–water partition coefficient (Wildman–Crippen LogP) is 2.26. The summed E-state index contributed by atoms with van der Waals surface area (Å²) in [7, 11) is 1.35. The maximum atomic E-state index is 12.7. The number of thiazole rings is 1. The molecule has 0 spiro atoms. The van der Waals surface area contributed by atoms with Crippen LogP contribution in [0.25, 0.3) is 0 Å². The van der Waals surface area contributed by atoms with Crippen molar-refractivity contribution in [1.29, 1.82) is 0 Å². The molecule has 0 saturated heterocycles. The minimum atomic E-state index is -0.551. The predicted molar refractivity (Wildman–Crippen MR) is 76.8 cm³/mol. The molecule has 110 valence electrons. The summed E-state index contributed by atoms with van der Waals surface area (Å²) in [5.74, 6) is -0.477. The fourth-order valence-corrected chi connectivity index (χ4v) is 3.11. The molecule has 6 heteroatoms. The molecule has 1 aliphatic rings. The van der Waals surface area contributed by atoms with Crippen molar-refractivity contribution >= 4 is 23.2 Å². The molecule has 0 unspecified atom stereocenters. The van der Waals surface area contributed by atoms with E-state index >= 15 is 0 Å². The summed E-state index contributed by atoms with van der Waals surface area (Å²) in [4.78, 5) is 30.9. The third-order valence-corrected chi connectivity index (χ3v) is 4.86. The summed E-state index contributed by atoms with van der Waals surface area (Å²) >= 11 is 1.40. The fourth-order valence-electron chi connectivity index (χ4n) is 2.31. The van der Waals surface area contributed by atoms with Crippen molar-refractivity contribution in [2.45, 2.75) is 51.6 Å². The van der Waals surface area contributed by atoms with Gasteiger partial charge in [-0.15, -0.1) is 11.3 Å². The molecule has 0 radical (unpaired) electrons. The molecular formula is C14H20N2O3S. The van der Waals surface area contributed by atoms with Crippen LogP contribution >= 0.6 is 11.3 Å². The summed E-state index contributed by atoms with van der Waals surface area (Å²) in [6.07, 6.45) is 5.43. The van der Waals surface area contributed by atoms with Gasteiger partial charge >= 0.3 is 5.97 Å². The zero-order valence-electron chi connectivity index (χ0n) is 12.1. The molecule has 1 aliphatic carbocycles. The molecule has 1 saturated carbocycles. The number of carbonyl (C=O) groups is 2. The minimum Gasteiger partial charge on any atom is -0.467 e. The monoisotopic (exact) mass is 296 g/mol. The zero-order chi connectivity index (χ0) is 14.7. The van der Waals surface area contributed by atoms with Gasteiger partial charge < -0.3 is 9.64 Å². The molecule has 1 aromatic heterocycles. The summed E-state index contributed by atoms with van der Waals surface area (Å²) in [5, 5.41) is 0.938. The van der Waals surface area contributed by atoms with Gasteiger partial charge in [0.2, 0.25) is 0 Å². The number of rotatable bonds is 5. The Hall–Kier alpha value is -1.43. The molecule has 0 aliphatic heterocycles. The van der Waals surface area contributed by atoms with Crippen molar-refractivity contribution in [2.24, 2.45) is 0 Å². The number of ether oxygens (including phenoxy) is 1. The molecule has 2 rings (SSSR count). The number of esters is 1. The van der Waals surface area contributed by atoms with Crippen LogP contribution in [0.5, 0.6) is 0 Å². The molecule has 1 atom stereocenters. The van der Waals surface area contributed by atoms with Crippen LogP contribution in [-0.2, 0) is 16.0 Å². The Morgan fingerprint density at radius 2 is 2.25 bits per heavy atom. The topological polar surface area (TPSA) is 59.5 Å². The quantitative estimate of drug-likeness (QED) is 0.782. The third-order valence-electron chi connectivity index (χ3n) is 3.73. The Morgan fingerprint density at radius 1 is 1.55 bits per heavy atom. The number of carbonyl (C=O) groups excluding carboxylic acids is 2. The lowest BCUT2D eigenvalue weighted by Crippen LogP contribution is -2.52. The number of aryl methyl sites for hydroxylation is 1. The Balaban J connectivity index is 2.21. The first-order valence-corrected chi connectivity index (χ1v) is 7.75. The highest BCUT2D eigenvalue weighted by molar-refractivity contribution is 7.13. The van der Waals surface area contributed by atoms with E-state index in [1.807, 2.05) is 6.92 Å². The van der Waals surface area contributed by atoms with Gasteiger partial charge in [-0.05, 0) is 32.6 Å². The maximum absolute atomic E-state index is 12.7. The molecule has 1 aromatic rings. The van der Waals surface area contributed by atoms with Gasteiger partial charge in [0.05, 0.1) is 18.3 Å². The minimum absolute atomic E-state index is 0.107. The van der Waals surface area contributed by atoms with Crippen LogP contribution in [0.4, 0.5) is 0 Å². The van der Waals surface area contributed by atoms with Crippen molar-refractivity contribution in [2.75, 3.05) is 7.11 Å². The smallest absolute Gasteiger partial charge is 0.328 e. The summed E-state index contributed by atoms with van der Waals surface area (Å²) in [5.41, 5.74) is 0. The molecule has 5 nitrogen and oxygen atoms in total. The number of aromatic nitrogens is 1. The first-order valence-electron chi connectivity index (χ1n) is 6.93. The maximum Gasteiger partial charge on any atom is 0.328 e. The average molecular weight is 296 g/mol. The Labute approximate surface area is 122 Å². The average Bonchev–Trinajstić information content (AvgIpc) is 2.89. The van der Waals surface area contributed by atoms with Crippen LogP contribution in [0.3, 0.4) is 0 Å². The van der Waals surface area contributed by atoms with Crippen molar-refractivity contribution < 1.29 is 14.3 Å². The van der Waals surface area contributed by atoms with E-state index < -0.39 is 6.04 Å². The molecule has 1 amide bonds. The second-order valence-electron chi connectivity index (χ2n) is 4.97. The van der Waals surface area contributed by atoms with Gasteiger partial charge in [-0.25, -0.2) is 9.78 Å². The molecular weight excluding hydrogens is 276 g/mol. The van der Waals surface area contributed by atoms with E-state index in [-0.39, 0.29) is 17.9 Å². The van der Waals surface area contributed by atoms with E-state index in [1.54, 1.807) is 18.0 Å². The lowest BCUT2D eigenvalue weighted by Gasteiger charge is -2.39. The number of nitrogens with zero attached hydrogens (tertiary/aromatic N) is 2. The Kier molecular flexibility index (Phi) is 4.75. The van der Waals surface area contributed by atoms with E-state index in [2.05, 4.69) is 4.98 Å². The number of hydrogen-bond donors (Lipinski definition) is 0. The van der Waals surface area contributed by atoms with E-state index in [0.29, 0.717) is 4.88 Å². The fraction of sp³-hybridized carbons (Fsp3) is 0.643. The molecule has 20 heavy (non-hydrogen) atoms. The van der Waals surface area contributed by atoms with Gasteiger partial charge in [0.1, 0.15) is 10.9 Å². The zero-order valence-corrected chi connectivity index (χ0v) is 12.9. The Bertz CT molecular complexity index is 496. The van der Waals surface area contributed by atoms with Gasteiger partial charge in [-0.3, -0.25) is 4.79 Å². The van der Waals surface area contributed by atoms with E-state index in [4.69, 9.17) is 4.74 Å². The summed E-state index contributed by atoms with van der Waals surface area (Å²) in [6, 6.07) is -0.409. The largest absolute Gasteiger partial charge is 0.467 e. The molecule has 1 fully saturated rings. The van der Waals surface area contributed by atoms with E-state index in [9.17, 15) is 9.59 Å². The summed E-state index contributed by atoms with van der Waals surface area (Å²) in [6.45, 7) is 3.73. The lowest BCUT2D eigenvalue weighted by atomic mass is 9.90. The summed E-state index contributed by atoms with van der Waals surface area (Å²) < 4.78 is 4.78. The van der Waals surface area contributed by atoms with Crippen molar-refractivity contribution in [3.8, 4) is 0 Å². The Morgan fingerprint density at radius 3 is 2.70 bits per heavy atom. The van der Waals surface area contributed by atoms with Crippen molar-refractivity contribution in [3.63, 3.8) is 0 Å². The standard InChI is InChI=1S/C14H20N2O3S/c1-4-12-15-8-11(20-12)13(17)16(10-6-5-7-10)9(2)14(18)19-3/h8-10H,4-7H2,1-3H3/t9-/m0/s1. The molecule has 0 bridgehead atoms. The highest BCUT2D eigenvalue weighted by Gasteiger charge is 2.36. The highest BCUT2D eigenvalue weighted by atomic mass is 32.1. The van der Waals surface area contributed by atoms with E-state index in [1.165, 1.54) is 18.4 Å². The first-order chi connectivity index (χ1) is 9.58. The lowest BCUT2D eigenvalue weighted by molar-refractivity contribution is -0.146. The number of methoxy groups -OCH3 is 1. The van der Waals surface area contributed by atoms with Gasteiger partial charge in [0.15, 0.2) is 0 Å². The van der Waals surface area contributed by atoms with Crippen molar-refractivity contribution in [1.82, 2.24) is 9.88 Å². The molecule has 0 N–H and O–H groups in total. The second-order valence-corrected chi connectivity index (χ2v) is 6.08. The van der Waals surface area contributed by atoms with Crippen LogP contribution in [0, 0.1) is 0 Å². The number of amides is 1. The first kappa shape index (κ1) is 15.0. The second kappa shape index (κ2) is 6.35. The molecule has 1 heterocycles. The van der Waals surface area contributed by atoms with Crippen LogP contribution in [0.15, 0.2) is 6.20 Å². The van der Waals surface area contributed by atoms with Gasteiger partial charge in [-0.1, -0.05) is 6.92 Å². The molecule has 0 aromatic carbocycles. The van der Waals surface area contributed by atoms with Crippen molar-refractivity contribution in [3.05, 3.63) is 16.1 Å². The van der Waals surface area contributed by atoms with Crippen LogP contribution in [-0.4, -0.2) is 41.0 Å². The number of hydrogen-bond acceptors (Lipinski definition) is 5. The third kappa shape index (κ3) is 2.85. The van der Waals surface area contributed by atoms with Crippen LogP contribution in [0.2, 0.25) is 0 Å². The van der Waals surface area contributed by atoms with E-state index in [0.717, 1.165) is 30.7 Å².